The van der Waals surface area contributed by atoms with E-state index in [1.54, 1.807) is 12.1 Å². The van der Waals surface area contributed by atoms with Crippen molar-refractivity contribution in [2.75, 3.05) is 18.6 Å². The molecule has 2 N–H and O–H groups in total. The molecule has 7 heteroatoms. The number of nitrogens with two attached hydrogens (primary N) is 1. The van der Waals surface area contributed by atoms with Gasteiger partial charge in [0.1, 0.15) is 4.60 Å². The number of nitrogens with zero attached hydrogens (tertiary/aromatic N) is 2. The first kappa shape index (κ1) is 12.8. The molecule has 2 rings (SSSR count). The Labute approximate surface area is 112 Å². The van der Waals surface area contributed by atoms with Crippen LogP contribution in [-0.2, 0) is 9.59 Å². The molecule has 1 aliphatic heterocycles. The molecule has 2 heterocycles. The molecule has 1 aliphatic rings. The SMILES string of the molecule is COc1ccc(N2CC(C(N)=O)CC2=O)c(Br)n1. The second kappa shape index (κ2) is 4.93. The van der Waals surface area contributed by atoms with Crippen molar-refractivity contribution in [2.24, 2.45) is 11.7 Å². The Morgan fingerprint density at radius 1 is 1.61 bits per heavy atom. The minimum absolute atomic E-state index is 0.133. The number of carbonyl (C=O) groups is 2. The van der Waals surface area contributed by atoms with Gasteiger partial charge in [-0.3, -0.25) is 9.59 Å². The summed E-state index contributed by atoms with van der Waals surface area (Å²) in [7, 11) is 1.51. The third kappa shape index (κ3) is 2.31. The predicted molar refractivity (Wildman–Crippen MR) is 68.1 cm³/mol. The molecule has 0 aliphatic carbocycles. The summed E-state index contributed by atoms with van der Waals surface area (Å²) in [5.41, 5.74) is 5.83. The van der Waals surface area contributed by atoms with Gasteiger partial charge in [0.15, 0.2) is 0 Å². The number of primary amides is 1. The Kier molecular flexibility index (Phi) is 3.51. The summed E-state index contributed by atoms with van der Waals surface area (Å²) in [6, 6.07) is 3.38. The van der Waals surface area contributed by atoms with Crippen molar-refractivity contribution >= 4 is 33.4 Å². The van der Waals surface area contributed by atoms with Crippen molar-refractivity contribution in [3.05, 3.63) is 16.7 Å². The monoisotopic (exact) mass is 313 g/mol. The van der Waals surface area contributed by atoms with Crippen LogP contribution in [0.3, 0.4) is 0 Å². The maximum Gasteiger partial charge on any atom is 0.227 e. The molecule has 0 spiro atoms. The Balaban J connectivity index is 2.27. The van der Waals surface area contributed by atoms with Gasteiger partial charge in [-0.15, -0.1) is 0 Å². The number of anilines is 1. The molecule has 1 unspecified atom stereocenters. The second-order valence-electron chi connectivity index (χ2n) is 3.97. The minimum atomic E-state index is -0.455. The summed E-state index contributed by atoms with van der Waals surface area (Å²) in [5, 5.41) is 0. The Morgan fingerprint density at radius 3 is 2.83 bits per heavy atom. The highest BCUT2D eigenvalue weighted by Crippen LogP contribution is 2.31. The third-order valence-electron chi connectivity index (χ3n) is 2.83. The number of aromatic nitrogens is 1. The normalized spacial score (nSPS) is 19.1. The summed E-state index contributed by atoms with van der Waals surface area (Å²) in [4.78, 5) is 28.6. The van der Waals surface area contributed by atoms with E-state index in [1.165, 1.54) is 12.0 Å². The average molecular weight is 314 g/mol. The van der Waals surface area contributed by atoms with E-state index in [0.29, 0.717) is 22.7 Å². The van der Waals surface area contributed by atoms with E-state index in [0.717, 1.165) is 0 Å². The first-order valence-electron chi connectivity index (χ1n) is 5.33. The summed E-state index contributed by atoms with van der Waals surface area (Å²) in [5.74, 6) is -0.579. The van der Waals surface area contributed by atoms with Crippen LogP contribution in [0.25, 0.3) is 0 Å². The smallest absolute Gasteiger partial charge is 0.227 e. The Hall–Kier alpha value is -1.63. The Bertz CT molecular complexity index is 506. The molecule has 6 nitrogen and oxygen atoms in total. The van der Waals surface area contributed by atoms with Gasteiger partial charge in [0.25, 0.3) is 0 Å². The van der Waals surface area contributed by atoms with Crippen LogP contribution in [0.1, 0.15) is 6.42 Å². The highest BCUT2D eigenvalue weighted by Gasteiger charge is 2.34. The molecular weight excluding hydrogens is 302 g/mol. The lowest BCUT2D eigenvalue weighted by Gasteiger charge is -2.17. The number of pyridine rings is 1. The van der Waals surface area contributed by atoms with E-state index in [9.17, 15) is 9.59 Å². The molecule has 0 saturated carbocycles. The topological polar surface area (TPSA) is 85.5 Å². The number of hydrogen-bond donors (Lipinski definition) is 1. The van der Waals surface area contributed by atoms with E-state index in [4.69, 9.17) is 10.5 Å². The molecule has 1 saturated heterocycles. The van der Waals surface area contributed by atoms with Crippen molar-refractivity contribution in [3.63, 3.8) is 0 Å². The molecule has 1 aromatic heterocycles. The fraction of sp³-hybridized carbons (Fsp3) is 0.364. The van der Waals surface area contributed by atoms with E-state index in [2.05, 4.69) is 20.9 Å². The number of rotatable bonds is 3. The molecule has 2 amide bonds. The first-order chi connectivity index (χ1) is 8.52. The van der Waals surface area contributed by atoms with E-state index in [1.807, 2.05) is 0 Å². The molecule has 1 atom stereocenters. The van der Waals surface area contributed by atoms with Crippen LogP contribution in [0.15, 0.2) is 16.7 Å². The van der Waals surface area contributed by atoms with Crippen molar-refractivity contribution in [2.45, 2.75) is 6.42 Å². The van der Waals surface area contributed by atoms with Crippen molar-refractivity contribution < 1.29 is 14.3 Å². The maximum absolute atomic E-state index is 11.8. The molecular formula is C11H12BrN3O3. The Morgan fingerprint density at radius 2 is 2.33 bits per heavy atom. The van der Waals surface area contributed by atoms with Crippen LogP contribution in [0, 0.1) is 5.92 Å². The molecule has 0 radical (unpaired) electrons. The van der Waals surface area contributed by atoms with Gasteiger partial charge in [-0.25, -0.2) is 4.98 Å². The standard InChI is InChI=1S/C11H12BrN3O3/c1-18-8-3-2-7(10(12)14-8)15-5-6(11(13)17)4-9(15)16/h2-3,6H,4-5H2,1H3,(H2,13,17). The quantitative estimate of drug-likeness (QED) is 0.832. The summed E-state index contributed by atoms with van der Waals surface area (Å²) >= 11 is 3.28. The van der Waals surface area contributed by atoms with Gasteiger partial charge in [0.05, 0.1) is 18.7 Å². The van der Waals surface area contributed by atoms with Crippen LogP contribution in [0.2, 0.25) is 0 Å². The summed E-state index contributed by atoms with van der Waals surface area (Å²) < 4.78 is 5.48. The largest absolute Gasteiger partial charge is 0.481 e. The van der Waals surface area contributed by atoms with Gasteiger partial charge >= 0.3 is 0 Å². The maximum atomic E-state index is 11.8. The van der Waals surface area contributed by atoms with Crippen molar-refractivity contribution in [1.29, 1.82) is 0 Å². The fourth-order valence-corrected chi connectivity index (χ4v) is 2.38. The zero-order valence-corrected chi connectivity index (χ0v) is 11.3. The lowest BCUT2D eigenvalue weighted by atomic mass is 10.1. The number of amides is 2. The molecule has 18 heavy (non-hydrogen) atoms. The van der Waals surface area contributed by atoms with Gasteiger partial charge in [0.2, 0.25) is 17.7 Å². The van der Waals surface area contributed by atoms with Crippen molar-refractivity contribution in [1.82, 2.24) is 4.98 Å². The number of ether oxygens (including phenoxy) is 1. The van der Waals surface area contributed by atoms with E-state index < -0.39 is 11.8 Å². The highest BCUT2D eigenvalue weighted by atomic mass is 79.9. The van der Waals surface area contributed by atoms with Crippen LogP contribution >= 0.6 is 15.9 Å². The summed E-state index contributed by atoms with van der Waals surface area (Å²) in [6.07, 6.45) is 0.147. The molecule has 0 bridgehead atoms. The molecule has 96 valence electrons. The first-order valence-corrected chi connectivity index (χ1v) is 6.12. The van der Waals surface area contributed by atoms with Crippen LogP contribution < -0.4 is 15.4 Å². The lowest BCUT2D eigenvalue weighted by molar-refractivity contribution is -0.123. The lowest BCUT2D eigenvalue weighted by Crippen LogP contribution is -2.28. The van der Waals surface area contributed by atoms with Gasteiger partial charge in [-0.2, -0.15) is 0 Å². The van der Waals surface area contributed by atoms with Crippen LogP contribution in [0.5, 0.6) is 5.88 Å². The summed E-state index contributed by atoms with van der Waals surface area (Å²) in [6.45, 7) is 0.292. The van der Waals surface area contributed by atoms with Crippen molar-refractivity contribution in [3.8, 4) is 5.88 Å². The number of carbonyl (C=O) groups excluding carboxylic acids is 2. The average Bonchev–Trinajstić information content (AvgIpc) is 2.71. The number of hydrogen-bond acceptors (Lipinski definition) is 4. The molecule has 1 aromatic rings. The van der Waals surface area contributed by atoms with Gasteiger partial charge in [-0.1, -0.05) is 0 Å². The highest BCUT2D eigenvalue weighted by molar-refractivity contribution is 9.10. The van der Waals surface area contributed by atoms with E-state index in [-0.39, 0.29) is 12.3 Å². The van der Waals surface area contributed by atoms with Crippen LogP contribution in [0.4, 0.5) is 5.69 Å². The van der Waals surface area contributed by atoms with Gasteiger partial charge < -0.3 is 15.4 Å². The fourth-order valence-electron chi connectivity index (χ4n) is 1.86. The van der Waals surface area contributed by atoms with Gasteiger partial charge in [0, 0.05) is 19.0 Å². The third-order valence-corrected chi connectivity index (χ3v) is 3.41. The van der Waals surface area contributed by atoms with E-state index >= 15 is 0 Å². The molecule has 0 aromatic carbocycles. The van der Waals surface area contributed by atoms with Gasteiger partial charge in [-0.05, 0) is 22.0 Å². The number of halogens is 1. The second-order valence-corrected chi connectivity index (χ2v) is 4.72. The molecule has 1 fully saturated rings. The minimum Gasteiger partial charge on any atom is -0.481 e. The predicted octanol–water partition coefficient (Wildman–Crippen LogP) is 0.691. The zero-order chi connectivity index (χ0) is 13.3. The number of methoxy groups -OCH3 is 1. The zero-order valence-electron chi connectivity index (χ0n) is 9.72. The van der Waals surface area contributed by atoms with Crippen LogP contribution in [-0.4, -0.2) is 30.5 Å².